The first-order valence-corrected chi connectivity index (χ1v) is 7.84. The number of para-hydroxylation sites is 1. The number of benzene rings is 1. The fourth-order valence-corrected chi connectivity index (χ4v) is 2.74. The van der Waals surface area contributed by atoms with Crippen molar-refractivity contribution >= 4 is 22.7 Å². The molecule has 3 heterocycles. The van der Waals surface area contributed by atoms with Gasteiger partial charge in [0.05, 0.1) is 5.39 Å². The maximum Gasteiger partial charge on any atom is 0.262 e. The lowest BCUT2D eigenvalue weighted by Gasteiger charge is -2.10. The Hall–Kier alpha value is -3.54. The molecule has 0 aliphatic carbocycles. The largest absolute Gasteiger partial charge is 0.325 e. The van der Waals surface area contributed by atoms with E-state index < -0.39 is 0 Å². The summed E-state index contributed by atoms with van der Waals surface area (Å²) in [5, 5.41) is 3.61. The van der Waals surface area contributed by atoms with E-state index in [9.17, 15) is 4.79 Å². The van der Waals surface area contributed by atoms with Gasteiger partial charge in [0.2, 0.25) is 5.95 Å². The Bertz CT molecular complexity index is 1110. The molecule has 6 nitrogen and oxygen atoms in total. The van der Waals surface area contributed by atoms with Gasteiger partial charge >= 0.3 is 0 Å². The molecule has 0 bridgehead atoms. The summed E-state index contributed by atoms with van der Waals surface area (Å²) in [4.78, 5) is 28.2. The molecule has 25 heavy (non-hydrogen) atoms. The molecule has 0 radical (unpaired) electrons. The number of nitrogens with one attached hydrogen (secondary N) is 2. The van der Waals surface area contributed by atoms with Crippen molar-refractivity contribution in [1.82, 2.24) is 19.9 Å². The lowest BCUT2D eigenvalue weighted by molar-refractivity contribution is 1.14. The van der Waals surface area contributed by atoms with Crippen molar-refractivity contribution in [3.8, 4) is 11.1 Å². The number of aromatic nitrogens is 4. The molecule has 1 aromatic carbocycles. The zero-order valence-corrected chi connectivity index (χ0v) is 13.5. The summed E-state index contributed by atoms with van der Waals surface area (Å²) in [6, 6.07) is 13.3. The van der Waals surface area contributed by atoms with Gasteiger partial charge < -0.3 is 5.32 Å². The molecular formula is C19H15N5O. The maximum atomic E-state index is 12.7. The van der Waals surface area contributed by atoms with Gasteiger partial charge in [0.1, 0.15) is 0 Å². The standard InChI is InChI=1S/C19H15N5O/c1-12-4-2-3-5-15(12)22-19-23-17-16(18(25)24-19)14(8-11-21-17)13-6-9-20-10-7-13/h2-11H,1H3,(H2,21,22,23,24,25). The molecule has 4 aromatic rings. The van der Waals surface area contributed by atoms with E-state index in [4.69, 9.17) is 0 Å². The van der Waals surface area contributed by atoms with Gasteiger partial charge in [-0.05, 0) is 47.9 Å². The fourth-order valence-electron chi connectivity index (χ4n) is 2.74. The number of pyridine rings is 2. The number of fused-ring (bicyclic) bond motifs is 1. The number of aromatic amines is 1. The lowest BCUT2D eigenvalue weighted by Crippen LogP contribution is -2.13. The van der Waals surface area contributed by atoms with Crippen LogP contribution in [0.2, 0.25) is 0 Å². The van der Waals surface area contributed by atoms with Gasteiger partial charge in [0.15, 0.2) is 5.65 Å². The summed E-state index contributed by atoms with van der Waals surface area (Å²) in [5.74, 6) is 0.367. The minimum absolute atomic E-state index is 0.235. The lowest BCUT2D eigenvalue weighted by atomic mass is 10.1. The van der Waals surface area contributed by atoms with Crippen molar-refractivity contribution in [1.29, 1.82) is 0 Å². The smallest absolute Gasteiger partial charge is 0.262 e. The minimum Gasteiger partial charge on any atom is -0.325 e. The van der Waals surface area contributed by atoms with Gasteiger partial charge in [-0.3, -0.25) is 14.8 Å². The van der Waals surface area contributed by atoms with Crippen LogP contribution in [0.5, 0.6) is 0 Å². The average molecular weight is 329 g/mol. The Morgan fingerprint density at radius 2 is 1.80 bits per heavy atom. The Morgan fingerprint density at radius 3 is 2.60 bits per heavy atom. The second kappa shape index (κ2) is 6.16. The van der Waals surface area contributed by atoms with E-state index in [2.05, 4.69) is 25.3 Å². The summed E-state index contributed by atoms with van der Waals surface area (Å²) in [6.45, 7) is 1.99. The number of H-pyrrole nitrogens is 1. The molecule has 0 saturated heterocycles. The number of rotatable bonds is 3. The molecule has 3 aromatic heterocycles. The number of anilines is 2. The summed E-state index contributed by atoms with van der Waals surface area (Å²) in [5.41, 5.74) is 3.78. The first-order chi connectivity index (χ1) is 12.2. The molecule has 0 saturated carbocycles. The van der Waals surface area contributed by atoms with E-state index in [1.54, 1.807) is 18.6 Å². The normalized spacial score (nSPS) is 10.8. The Balaban J connectivity index is 1.84. The van der Waals surface area contributed by atoms with Crippen LogP contribution < -0.4 is 10.9 Å². The molecule has 0 aliphatic rings. The Labute approximate surface area is 143 Å². The predicted molar refractivity (Wildman–Crippen MR) is 97.9 cm³/mol. The van der Waals surface area contributed by atoms with Gasteiger partial charge in [-0.15, -0.1) is 0 Å². The molecule has 0 unspecified atom stereocenters. The molecule has 0 atom stereocenters. The number of nitrogens with zero attached hydrogens (tertiary/aromatic N) is 3. The SMILES string of the molecule is Cc1ccccc1Nc1nc2nccc(-c3ccncc3)c2c(=O)[nH]1. The molecule has 122 valence electrons. The first kappa shape index (κ1) is 15.0. The Kier molecular flexibility index (Phi) is 3.70. The zero-order valence-electron chi connectivity index (χ0n) is 13.5. The van der Waals surface area contributed by atoms with Crippen LogP contribution in [-0.2, 0) is 0 Å². The molecule has 0 fully saturated rings. The van der Waals surface area contributed by atoms with E-state index in [-0.39, 0.29) is 5.56 Å². The highest BCUT2D eigenvalue weighted by molar-refractivity contribution is 5.92. The van der Waals surface area contributed by atoms with Gasteiger partial charge in [-0.25, -0.2) is 4.98 Å². The monoisotopic (exact) mass is 329 g/mol. The third-order valence-corrected chi connectivity index (χ3v) is 4.00. The van der Waals surface area contributed by atoms with E-state index in [0.717, 1.165) is 22.4 Å². The van der Waals surface area contributed by atoms with E-state index in [1.807, 2.05) is 49.4 Å². The molecule has 0 aliphatic heterocycles. The third-order valence-electron chi connectivity index (χ3n) is 4.00. The summed E-state index contributed by atoms with van der Waals surface area (Å²) in [7, 11) is 0. The van der Waals surface area contributed by atoms with Crippen LogP contribution in [0.15, 0.2) is 65.8 Å². The summed E-state index contributed by atoms with van der Waals surface area (Å²) < 4.78 is 0. The van der Waals surface area contributed by atoms with E-state index >= 15 is 0 Å². The molecule has 6 heteroatoms. The van der Waals surface area contributed by atoms with Crippen LogP contribution in [0.4, 0.5) is 11.6 Å². The van der Waals surface area contributed by atoms with E-state index in [1.165, 1.54) is 0 Å². The van der Waals surface area contributed by atoms with Crippen molar-refractivity contribution in [3.05, 3.63) is 77.0 Å². The van der Waals surface area contributed by atoms with Gasteiger partial charge in [-0.1, -0.05) is 18.2 Å². The van der Waals surface area contributed by atoms with Crippen molar-refractivity contribution < 1.29 is 0 Å². The molecule has 0 amide bonds. The second-order valence-corrected chi connectivity index (χ2v) is 5.65. The van der Waals surface area contributed by atoms with Crippen LogP contribution in [0, 0.1) is 6.92 Å². The van der Waals surface area contributed by atoms with Crippen molar-refractivity contribution in [2.75, 3.05) is 5.32 Å². The molecule has 4 rings (SSSR count). The number of hydrogen-bond acceptors (Lipinski definition) is 5. The Morgan fingerprint density at radius 1 is 1.00 bits per heavy atom. The molecule has 2 N–H and O–H groups in total. The molecular weight excluding hydrogens is 314 g/mol. The zero-order chi connectivity index (χ0) is 17.2. The van der Waals surface area contributed by atoms with Crippen LogP contribution in [-0.4, -0.2) is 19.9 Å². The summed E-state index contributed by atoms with van der Waals surface area (Å²) in [6.07, 6.45) is 5.04. The summed E-state index contributed by atoms with van der Waals surface area (Å²) >= 11 is 0. The quantitative estimate of drug-likeness (QED) is 0.601. The maximum absolute atomic E-state index is 12.7. The third kappa shape index (κ3) is 2.85. The van der Waals surface area contributed by atoms with Crippen molar-refractivity contribution in [3.63, 3.8) is 0 Å². The topological polar surface area (TPSA) is 83.6 Å². The fraction of sp³-hybridized carbons (Fsp3) is 0.0526. The molecule has 0 spiro atoms. The second-order valence-electron chi connectivity index (χ2n) is 5.65. The number of hydrogen-bond donors (Lipinski definition) is 2. The number of aryl methyl sites for hydroxylation is 1. The highest BCUT2D eigenvalue weighted by Gasteiger charge is 2.11. The highest BCUT2D eigenvalue weighted by Crippen LogP contribution is 2.24. The van der Waals surface area contributed by atoms with Gasteiger partial charge in [-0.2, -0.15) is 4.98 Å². The van der Waals surface area contributed by atoms with Gasteiger partial charge in [0, 0.05) is 24.3 Å². The first-order valence-electron chi connectivity index (χ1n) is 7.84. The van der Waals surface area contributed by atoms with Crippen molar-refractivity contribution in [2.45, 2.75) is 6.92 Å². The van der Waals surface area contributed by atoms with Crippen LogP contribution in [0.25, 0.3) is 22.2 Å². The van der Waals surface area contributed by atoms with Crippen molar-refractivity contribution in [2.24, 2.45) is 0 Å². The van der Waals surface area contributed by atoms with Gasteiger partial charge in [0.25, 0.3) is 5.56 Å². The van der Waals surface area contributed by atoms with Crippen LogP contribution in [0.3, 0.4) is 0 Å². The van der Waals surface area contributed by atoms with Crippen LogP contribution >= 0.6 is 0 Å². The predicted octanol–water partition coefficient (Wildman–Crippen LogP) is 3.43. The highest BCUT2D eigenvalue weighted by atomic mass is 16.1. The van der Waals surface area contributed by atoms with E-state index in [0.29, 0.717) is 17.0 Å². The minimum atomic E-state index is -0.235. The van der Waals surface area contributed by atoms with Crippen LogP contribution in [0.1, 0.15) is 5.56 Å². The average Bonchev–Trinajstić information content (AvgIpc) is 2.64.